The van der Waals surface area contributed by atoms with Crippen molar-refractivity contribution in [2.24, 2.45) is 5.92 Å². The quantitative estimate of drug-likeness (QED) is 0.896. The minimum Gasteiger partial charge on any atom is -0.393 e. The lowest BCUT2D eigenvalue weighted by molar-refractivity contribution is -0.120. The summed E-state index contributed by atoms with van der Waals surface area (Å²) in [6.07, 6.45) is 1.99. The summed E-state index contributed by atoms with van der Waals surface area (Å²) < 4.78 is 12.8. The van der Waals surface area contributed by atoms with Crippen LogP contribution in [0.5, 0.6) is 0 Å². The minimum atomic E-state index is -0.276. The zero-order chi connectivity index (χ0) is 14.5. The fourth-order valence-corrected chi connectivity index (χ4v) is 2.73. The second kappa shape index (κ2) is 6.95. The van der Waals surface area contributed by atoms with E-state index in [1.807, 2.05) is 6.92 Å². The molecule has 0 radical (unpaired) electrons. The first-order valence-corrected chi connectivity index (χ1v) is 7.21. The van der Waals surface area contributed by atoms with Crippen LogP contribution in [0.4, 0.5) is 4.39 Å². The Morgan fingerprint density at radius 1 is 1.35 bits per heavy atom. The highest BCUT2D eigenvalue weighted by molar-refractivity contribution is 5.82. The number of hydrogen-bond donors (Lipinski definition) is 1. The van der Waals surface area contributed by atoms with Crippen molar-refractivity contribution < 1.29 is 14.3 Å². The number of ketones is 1. The average molecular weight is 279 g/mol. The molecule has 0 aromatic heterocycles. The predicted molar refractivity (Wildman–Crippen MR) is 76.0 cm³/mol. The summed E-state index contributed by atoms with van der Waals surface area (Å²) in [5.74, 6) is 0.243. The Kier molecular flexibility index (Phi) is 5.26. The number of carbonyl (C=O) groups excluding carboxylic acids is 1. The van der Waals surface area contributed by atoms with Gasteiger partial charge in [0.25, 0.3) is 0 Å². The molecular weight excluding hydrogens is 257 g/mol. The highest BCUT2D eigenvalue weighted by Gasteiger charge is 2.23. The molecule has 1 unspecified atom stereocenters. The van der Waals surface area contributed by atoms with Crippen LogP contribution >= 0.6 is 0 Å². The third-order valence-electron chi connectivity index (χ3n) is 4.03. The van der Waals surface area contributed by atoms with Gasteiger partial charge in [-0.25, -0.2) is 4.39 Å². The van der Waals surface area contributed by atoms with Crippen LogP contribution < -0.4 is 0 Å². The Hall–Kier alpha value is -1.26. The summed E-state index contributed by atoms with van der Waals surface area (Å²) >= 11 is 0. The van der Waals surface area contributed by atoms with Crippen molar-refractivity contribution in [3.63, 3.8) is 0 Å². The lowest BCUT2D eigenvalue weighted by Gasteiger charge is -2.32. The van der Waals surface area contributed by atoms with E-state index in [1.54, 1.807) is 12.1 Å². The van der Waals surface area contributed by atoms with Gasteiger partial charge in [0.2, 0.25) is 0 Å². The van der Waals surface area contributed by atoms with E-state index >= 15 is 0 Å². The number of Topliss-reactive ketones (excluding diaryl/α,β-unsaturated/α-hetero) is 1. The first-order chi connectivity index (χ1) is 9.54. The Balaban J connectivity index is 1.77. The van der Waals surface area contributed by atoms with Gasteiger partial charge in [-0.2, -0.15) is 0 Å². The zero-order valence-electron chi connectivity index (χ0n) is 11.9. The van der Waals surface area contributed by atoms with Crippen molar-refractivity contribution in [3.8, 4) is 0 Å². The van der Waals surface area contributed by atoms with Gasteiger partial charge in [0.1, 0.15) is 5.82 Å². The Bertz CT molecular complexity index is 436. The number of benzene rings is 1. The van der Waals surface area contributed by atoms with Gasteiger partial charge in [-0.3, -0.25) is 9.69 Å². The molecule has 1 aromatic rings. The van der Waals surface area contributed by atoms with Gasteiger partial charge in [-0.1, -0.05) is 12.1 Å². The van der Waals surface area contributed by atoms with Crippen molar-refractivity contribution in [1.82, 2.24) is 4.90 Å². The Morgan fingerprint density at radius 3 is 2.50 bits per heavy atom. The number of aliphatic hydroxyl groups excluding tert-OH is 1. The van der Waals surface area contributed by atoms with Crippen molar-refractivity contribution in [2.45, 2.75) is 32.3 Å². The number of nitrogens with zero attached hydrogens (tertiary/aromatic N) is 1. The topological polar surface area (TPSA) is 40.5 Å². The molecule has 1 aliphatic rings. The van der Waals surface area contributed by atoms with E-state index in [0.717, 1.165) is 31.5 Å². The molecule has 20 heavy (non-hydrogen) atoms. The number of carbonyl (C=O) groups is 1. The van der Waals surface area contributed by atoms with E-state index in [0.29, 0.717) is 18.9 Å². The standard InChI is InChI=1S/C16H22FNO2/c1-12(19)14-6-8-18(9-7-14)11-16(20)10-13-2-4-15(17)5-3-13/h2-5,12,14,19H,6-11H2,1H3. The van der Waals surface area contributed by atoms with Crippen molar-refractivity contribution in [3.05, 3.63) is 35.6 Å². The molecule has 1 saturated heterocycles. The number of rotatable bonds is 5. The Morgan fingerprint density at radius 2 is 1.95 bits per heavy atom. The van der Waals surface area contributed by atoms with Crippen molar-refractivity contribution in [1.29, 1.82) is 0 Å². The van der Waals surface area contributed by atoms with Gasteiger partial charge in [-0.15, -0.1) is 0 Å². The molecule has 3 nitrogen and oxygen atoms in total. The highest BCUT2D eigenvalue weighted by Crippen LogP contribution is 2.20. The van der Waals surface area contributed by atoms with E-state index in [1.165, 1.54) is 12.1 Å². The smallest absolute Gasteiger partial charge is 0.151 e. The molecule has 0 amide bonds. The molecule has 0 saturated carbocycles. The van der Waals surface area contributed by atoms with Gasteiger partial charge < -0.3 is 5.11 Å². The summed E-state index contributed by atoms with van der Waals surface area (Å²) in [6.45, 7) is 4.01. The fraction of sp³-hybridized carbons (Fsp3) is 0.562. The van der Waals surface area contributed by atoms with Crippen LogP contribution in [-0.2, 0) is 11.2 Å². The van der Waals surface area contributed by atoms with Gasteiger partial charge in [0, 0.05) is 6.42 Å². The number of halogens is 1. The molecule has 1 N–H and O–H groups in total. The van der Waals surface area contributed by atoms with Gasteiger partial charge in [0.05, 0.1) is 12.6 Å². The van der Waals surface area contributed by atoms with Crippen molar-refractivity contribution >= 4 is 5.78 Å². The summed E-state index contributed by atoms with van der Waals surface area (Å²) in [6, 6.07) is 6.09. The second-order valence-electron chi connectivity index (χ2n) is 5.70. The predicted octanol–water partition coefficient (Wildman–Crippen LogP) is 2.03. The molecule has 4 heteroatoms. The van der Waals surface area contributed by atoms with E-state index in [4.69, 9.17) is 0 Å². The largest absolute Gasteiger partial charge is 0.393 e. The molecule has 2 rings (SSSR count). The average Bonchev–Trinajstić information content (AvgIpc) is 2.42. The maximum Gasteiger partial charge on any atom is 0.151 e. The summed E-state index contributed by atoms with van der Waals surface area (Å²) in [5, 5.41) is 9.55. The van der Waals surface area contributed by atoms with Crippen LogP contribution in [0.3, 0.4) is 0 Å². The van der Waals surface area contributed by atoms with Crippen LogP contribution in [0.15, 0.2) is 24.3 Å². The van der Waals surface area contributed by atoms with Gasteiger partial charge in [-0.05, 0) is 56.5 Å². The van der Waals surface area contributed by atoms with Crippen molar-refractivity contribution in [2.75, 3.05) is 19.6 Å². The summed E-state index contributed by atoms with van der Waals surface area (Å²) in [4.78, 5) is 14.1. The minimum absolute atomic E-state index is 0.159. The highest BCUT2D eigenvalue weighted by atomic mass is 19.1. The first kappa shape index (κ1) is 15.1. The lowest BCUT2D eigenvalue weighted by Crippen LogP contribution is -2.40. The third-order valence-corrected chi connectivity index (χ3v) is 4.03. The van der Waals surface area contributed by atoms with Gasteiger partial charge >= 0.3 is 0 Å². The van der Waals surface area contributed by atoms with Crippen LogP contribution in [0, 0.1) is 11.7 Å². The normalized spacial score (nSPS) is 18.9. The molecule has 110 valence electrons. The summed E-state index contributed by atoms with van der Waals surface area (Å²) in [5.41, 5.74) is 0.857. The van der Waals surface area contributed by atoms with Gasteiger partial charge in [0.15, 0.2) is 5.78 Å². The first-order valence-electron chi connectivity index (χ1n) is 7.21. The lowest BCUT2D eigenvalue weighted by atomic mass is 9.92. The molecule has 0 bridgehead atoms. The van der Waals surface area contributed by atoms with E-state index in [-0.39, 0.29) is 17.7 Å². The van der Waals surface area contributed by atoms with Crippen LogP contribution in [0.1, 0.15) is 25.3 Å². The van der Waals surface area contributed by atoms with Crippen LogP contribution in [-0.4, -0.2) is 41.5 Å². The molecule has 1 heterocycles. The molecule has 1 aromatic carbocycles. The number of aliphatic hydroxyl groups is 1. The maximum absolute atomic E-state index is 12.8. The monoisotopic (exact) mass is 279 g/mol. The number of piperidine rings is 1. The van der Waals surface area contributed by atoms with E-state index in [9.17, 15) is 14.3 Å². The Labute approximate surface area is 119 Å². The SMILES string of the molecule is CC(O)C1CCN(CC(=O)Cc2ccc(F)cc2)CC1. The fourth-order valence-electron chi connectivity index (χ4n) is 2.73. The second-order valence-corrected chi connectivity index (χ2v) is 5.70. The van der Waals surface area contributed by atoms with Crippen LogP contribution in [0.25, 0.3) is 0 Å². The third kappa shape index (κ3) is 4.39. The molecule has 1 aliphatic heterocycles. The number of likely N-dealkylation sites (tertiary alicyclic amines) is 1. The van der Waals surface area contributed by atoms with Crippen LogP contribution in [0.2, 0.25) is 0 Å². The number of hydrogen-bond acceptors (Lipinski definition) is 3. The molecule has 0 aliphatic carbocycles. The molecular formula is C16H22FNO2. The molecule has 0 spiro atoms. The van der Waals surface area contributed by atoms with E-state index in [2.05, 4.69) is 4.90 Å². The molecule has 1 fully saturated rings. The summed E-state index contributed by atoms with van der Waals surface area (Å²) in [7, 11) is 0. The van der Waals surface area contributed by atoms with E-state index < -0.39 is 0 Å². The molecule has 1 atom stereocenters. The maximum atomic E-state index is 12.8. The zero-order valence-corrected chi connectivity index (χ0v) is 11.9.